The minimum atomic E-state index is -1.33. The number of carbonyl (C=O) groups is 1. The smallest absolute Gasteiger partial charge is 0.186 e. The van der Waals surface area contributed by atoms with E-state index in [9.17, 15) is 20.1 Å². The fourth-order valence-corrected chi connectivity index (χ4v) is 7.26. The summed E-state index contributed by atoms with van der Waals surface area (Å²) in [7, 11) is 0. The van der Waals surface area contributed by atoms with Gasteiger partial charge in [-0.1, -0.05) is 57.8 Å². The minimum absolute atomic E-state index is 0.0893. The Morgan fingerprint density at radius 3 is 2.50 bits per heavy atom. The number of aliphatic hydroxyl groups excluding tert-OH is 3. The summed E-state index contributed by atoms with van der Waals surface area (Å²) < 4.78 is 12.1. The van der Waals surface area contributed by atoms with E-state index in [4.69, 9.17) is 9.47 Å². The van der Waals surface area contributed by atoms with Gasteiger partial charge < -0.3 is 24.8 Å². The molecule has 0 bridgehead atoms. The molecule has 1 heterocycles. The normalized spacial score (nSPS) is 43.1. The van der Waals surface area contributed by atoms with Crippen LogP contribution in [0.1, 0.15) is 86.0 Å². The zero-order valence-corrected chi connectivity index (χ0v) is 21.5. The quantitative estimate of drug-likeness (QED) is 0.395. The number of ether oxygens (including phenoxy) is 2. The summed E-state index contributed by atoms with van der Waals surface area (Å²) in [6.07, 6.45) is 3.51. The van der Waals surface area contributed by atoms with Crippen LogP contribution in [-0.2, 0) is 14.3 Å². The van der Waals surface area contributed by atoms with E-state index in [1.807, 2.05) is 0 Å². The molecule has 6 nitrogen and oxygen atoms in total. The van der Waals surface area contributed by atoms with Crippen LogP contribution in [0.4, 0.5) is 0 Å². The lowest BCUT2D eigenvalue weighted by molar-refractivity contribution is -0.295. The van der Waals surface area contributed by atoms with Gasteiger partial charge in [0, 0.05) is 11.8 Å². The fraction of sp³-hybridized carbons (Fsp3) is 0.821. The van der Waals surface area contributed by atoms with Gasteiger partial charge >= 0.3 is 0 Å². The van der Waals surface area contributed by atoms with Crippen molar-refractivity contribution < 1.29 is 29.6 Å². The highest BCUT2D eigenvalue weighted by Crippen LogP contribution is 2.64. The van der Waals surface area contributed by atoms with Crippen molar-refractivity contribution in [3.05, 3.63) is 22.3 Å². The number of carbonyl (C=O) groups excluding carboxylic acids is 1. The number of fused-ring (bicyclic) bond motifs is 3. The van der Waals surface area contributed by atoms with Crippen molar-refractivity contribution in [2.24, 2.45) is 22.7 Å². The molecule has 4 aliphatic rings. The van der Waals surface area contributed by atoms with E-state index in [1.165, 1.54) is 12.0 Å². The van der Waals surface area contributed by atoms with Crippen LogP contribution in [0.15, 0.2) is 22.3 Å². The monoisotopic (exact) mass is 476 g/mol. The van der Waals surface area contributed by atoms with Crippen LogP contribution in [0.3, 0.4) is 0 Å². The molecule has 0 spiro atoms. The molecular formula is C28H44O6. The second-order valence-electron chi connectivity index (χ2n) is 12.0. The van der Waals surface area contributed by atoms with Crippen LogP contribution in [0.2, 0.25) is 0 Å². The Bertz CT molecular complexity index is 846. The van der Waals surface area contributed by atoms with Crippen LogP contribution in [0, 0.1) is 22.7 Å². The Morgan fingerprint density at radius 1 is 1.12 bits per heavy atom. The SMILES string of the molecule is CCCC1=C(C=O)C[C@H](O[C@@H]2OC[C@@H](O)[C@H](O)[C@H]2O)[C@]2(C)CC[C@@]3(C)CCC(C(C)C)=C3C2C1. The van der Waals surface area contributed by atoms with Gasteiger partial charge in [0.15, 0.2) is 6.29 Å². The largest absolute Gasteiger partial charge is 0.388 e. The third kappa shape index (κ3) is 4.34. The molecule has 1 saturated heterocycles. The first kappa shape index (κ1) is 26.0. The average Bonchev–Trinajstić information content (AvgIpc) is 3.10. The first-order chi connectivity index (χ1) is 16.1. The maximum absolute atomic E-state index is 12.3. The summed E-state index contributed by atoms with van der Waals surface area (Å²) in [5.74, 6) is 0.762. The van der Waals surface area contributed by atoms with Crippen molar-refractivity contribution in [1.29, 1.82) is 0 Å². The Hall–Kier alpha value is -1.05. The summed E-state index contributed by atoms with van der Waals surface area (Å²) >= 11 is 0. The molecular weight excluding hydrogens is 432 g/mol. The molecule has 0 radical (unpaired) electrons. The highest BCUT2D eigenvalue weighted by molar-refractivity contribution is 5.75. The van der Waals surface area contributed by atoms with Gasteiger partial charge in [-0.3, -0.25) is 4.79 Å². The molecule has 0 amide bonds. The van der Waals surface area contributed by atoms with Crippen LogP contribution in [-0.4, -0.2) is 58.9 Å². The van der Waals surface area contributed by atoms with Crippen LogP contribution in [0.25, 0.3) is 0 Å². The topological polar surface area (TPSA) is 96.2 Å². The number of rotatable bonds is 6. The zero-order valence-electron chi connectivity index (χ0n) is 21.5. The first-order valence-corrected chi connectivity index (χ1v) is 13.3. The molecule has 0 aromatic heterocycles. The fourth-order valence-electron chi connectivity index (χ4n) is 7.26. The Balaban J connectivity index is 1.78. The van der Waals surface area contributed by atoms with Gasteiger partial charge in [-0.05, 0) is 61.3 Å². The second-order valence-corrected chi connectivity index (χ2v) is 12.0. The summed E-state index contributed by atoms with van der Waals surface area (Å²) in [5, 5.41) is 30.7. The van der Waals surface area contributed by atoms with Gasteiger partial charge in [-0.15, -0.1) is 0 Å². The van der Waals surface area contributed by atoms with Crippen molar-refractivity contribution in [2.45, 2.75) is 117 Å². The Kier molecular flexibility index (Phi) is 7.48. The van der Waals surface area contributed by atoms with Crippen molar-refractivity contribution in [1.82, 2.24) is 0 Å². The van der Waals surface area contributed by atoms with Crippen LogP contribution >= 0.6 is 0 Å². The van der Waals surface area contributed by atoms with Gasteiger partial charge in [0.2, 0.25) is 0 Å². The van der Waals surface area contributed by atoms with Gasteiger partial charge in [0.25, 0.3) is 0 Å². The maximum Gasteiger partial charge on any atom is 0.186 e. The summed E-state index contributed by atoms with van der Waals surface area (Å²) in [6, 6.07) is 0. The van der Waals surface area contributed by atoms with E-state index >= 15 is 0 Å². The highest BCUT2D eigenvalue weighted by atomic mass is 16.7. The van der Waals surface area contributed by atoms with E-state index in [2.05, 4.69) is 34.6 Å². The van der Waals surface area contributed by atoms with Crippen LogP contribution < -0.4 is 0 Å². The van der Waals surface area contributed by atoms with E-state index in [0.29, 0.717) is 12.3 Å². The maximum atomic E-state index is 12.3. The average molecular weight is 477 g/mol. The lowest BCUT2D eigenvalue weighted by atomic mass is 9.54. The highest BCUT2D eigenvalue weighted by Gasteiger charge is 2.56. The van der Waals surface area contributed by atoms with Gasteiger partial charge in [0.05, 0.1) is 12.7 Å². The zero-order chi connectivity index (χ0) is 24.8. The molecule has 8 atom stereocenters. The molecule has 0 aromatic carbocycles. The van der Waals surface area contributed by atoms with Gasteiger partial charge in [0.1, 0.15) is 24.6 Å². The molecule has 1 unspecified atom stereocenters. The van der Waals surface area contributed by atoms with Crippen LogP contribution in [0.5, 0.6) is 0 Å². The molecule has 0 aromatic rings. The molecule has 192 valence electrons. The number of allylic oxidation sites excluding steroid dienone is 3. The van der Waals surface area contributed by atoms with Crippen molar-refractivity contribution in [3.63, 3.8) is 0 Å². The van der Waals surface area contributed by atoms with Crippen molar-refractivity contribution >= 4 is 6.29 Å². The van der Waals surface area contributed by atoms with Crippen molar-refractivity contribution in [3.8, 4) is 0 Å². The number of hydrogen-bond acceptors (Lipinski definition) is 6. The van der Waals surface area contributed by atoms with E-state index < -0.39 is 24.6 Å². The van der Waals surface area contributed by atoms with E-state index in [-0.39, 0.29) is 29.5 Å². The third-order valence-corrected chi connectivity index (χ3v) is 9.49. The van der Waals surface area contributed by atoms with Gasteiger partial charge in [-0.2, -0.15) is 0 Å². The lowest BCUT2D eigenvalue weighted by Crippen LogP contribution is -2.56. The van der Waals surface area contributed by atoms with Crippen molar-refractivity contribution in [2.75, 3.05) is 6.61 Å². The minimum Gasteiger partial charge on any atom is -0.388 e. The van der Waals surface area contributed by atoms with E-state index in [1.54, 1.807) is 11.1 Å². The molecule has 1 aliphatic heterocycles. The predicted molar refractivity (Wildman–Crippen MR) is 130 cm³/mol. The Labute approximate surface area is 204 Å². The molecule has 6 heteroatoms. The molecule has 2 fully saturated rings. The molecule has 1 saturated carbocycles. The van der Waals surface area contributed by atoms with Gasteiger partial charge in [-0.25, -0.2) is 0 Å². The molecule has 3 N–H and O–H groups in total. The number of aliphatic hydroxyl groups is 3. The second kappa shape index (κ2) is 9.78. The molecule has 3 aliphatic carbocycles. The summed E-state index contributed by atoms with van der Waals surface area (Å²) in [6.45, 7) is 11.4. The lowest BCUT2D eigenvalue weighted by Gasteiger charge is -2.53. The summed E-state index contributed by atoms with van der Waals surface area (Å²) in [5.41, 5.74) is 5.19. The Morgan fingerprint density at radius 2 is 1.85 bits per heavy atom. The molecule has 4 rings (SSSR count). The number of aldehydes is 1. The molecule has 34 heavy (non-hydrogen) atoms. The summed E-state index contributed by atoms with van der Waals surface area (Å²) in [4.78, 5) is 12.3. The first-order valence-electron chi connectivity index (χ1n) is 13.3. The number of hydrogen-bond donors (Lipinski definition) is 3. The predicted octanol–water partition coefficient (Wildman–Crippen LogP) is 4.07. The standard InChI is InChI=1S/C28H44O6/c1-6-7-17-12-20-23-19(16(2)3)8-9-27(23,4)10-11-28(20,5)22(13-18(17)14-29)34-26-25(32)24(31)21(30)15-33-26/h14,16,20-22,24-26,30-32H,6-13,15H2,1-5H3/t20?,21-,22+,24+,25-,26+,27-,28-/m1/s1. The van der Waals surface area contributed by atoms with E-state index in [0.717, 1.165) is 50.4 Å². The third-order valence-electron chi connectivity index (χ3n) is 9.49.